The van der Waals surface area contributed by atoms with E-state index in [4.69, 9.17) is 10.5 Å². The number of fused-ring (bicyclic) bond motifs is 1. The van der Waals surface area contributed by atoms with Gasteiger partial charge >= 0.3 is 0 Å². The summed E-state index contributed by atoms with van der Waals surface area (Å²) in [7, 11) is 1.82. The maximum absolute atomic E-state index is 6.02. The molecule has 1 aliphatic carbocycles. The van der Waals surface area contributed by atoms with Crippen LogP contribution in [0, 0.1) is 0 Å². The molecule has 0 aromatic heterocycles. The topological polar surface area (TPSA) is 38.5 Å². The molecular weight excluding hydrogens is 316 g/mol. The minimum Gasteiger partial charge on any atom is -0.381 e. The molecule has 1 aromatic rings. The molecule has 4 heteroatoms. The van der Waals surface area contributed by atoms with Crippen LogP contribution in [0.1, 0.15) is 36.4 Å². The highest BCUT2D eigenvalue weighted by atomic mass is 79.9. The van der Waals surface area contributed by atoms with Crippen LogP contribution >= 0.6 is 15.9 Å². The van der Waals surface area contributed by atoms with Crippen LogP contribution in [0.5, 0.6) is 0 Å². The van der Waals surface area contributed by atoms with Crippen molar-refractivity contribution < 1.29 is 4.74 Å². The smallest absolute Gasteiger partial charge is 0.0599 e. The number of halogens is 1. The predicted molar refractivity (Wildman–Crippen MR) is 84.8 cm³/mol. The molecule has 2 N–H and O–H groups in total. The van der Waals surface area contributed by atoms with E-state index in [-0.39, 0.29) is 0 Å². The highest BCUT2D eigenvalue weighted by molar-refractivity contribution is 9.10. The fourth-order valence-electron chi connectivity index (χ4n) is 3.82. The molecule has 3 nitrogen and oxygen atoms in total. The van der Waals surface area contributed by atoms with Crippen molar-refractivity contribution in [1.29, 1.82) is 0 Å². The van der Waals surface area contributed by atoms with Gasteiger partial charge in [0.25, 0.3) is 0 Å². The standard InChI is InChI=1S/C16H23BrN2O/c1-20-12-7-8-19(11(9-12)10-18)16-6-5-13-14(16)3-2-4-15(13)17/h2-4,11-12,16H,5-10,18H2,1H3. The van der Waals surface area contributed by atoms with Crippen molar-refractivity contribution in [3.8, 4) is 0 Å². The van der Waals surface area contributed by atoms with Crippen LogP contribution in [0.25, 0.3) is 0 Å². The van der Waals surface area contributed by atoms with Gasteiger partial charge in [-0.2, -0.15) is 0 Å². The van der Waals surface area contributed by atoms with E-state index in [0.717, 1.165) is 25.9 Å². The van der Waals surface area contributed by atoms with Gasteiger partial charge in [-0.05, 0) is 42.9 Å². The van der Waals surface area contributed by atoms with Gasteiger partial charge in [0.15, 0.2) is 0 Å². The molecule has 1 fully saturated rings. The minimum absolute atomic E-state index is 0.378. The maximum atomic E-state index is 6.02. The molecule has 110 valence electrons. The van der Waals surface area contributed by atoms with E-state index >= 15 is 0 Å². The molecule has 0 radical (unpaired) electrons. The van der Waals surface area contributed by atoms with Crippen LogP contribution < -0.4 is 5.73 Å². The largest absolute Gasteiger partial charge is 0.381 e. The highest BCUT2D eigenvalue weighted by Gasteiger charge is 2.36. The predicted octanol–water partition coefficient (Wildman–Crippen LogP) is 2.87. The van der Waals surface area contributed by atoms with Crippen LogP contribution in [-0.4, -0.2) is 37.2 Å². The van der Waals surface area contributed by atoms with E-state index in [9.17, 15) is 0 Å². The number of nitrogens with zero attached hydrogens (tertiary/aromatic N) is 1. The third kappa shape index (κ3) is 2.54. The summed E-state index contributed by atoms with van der Waals surface area (Å²) in [4.78, 5) is 2.62. The number of ether oxygens (including phenoxy) is 1. The van der Waals surface area contributed by atoms with E-state index in [2.05, 4.69) is 39.0 Å². The number of nitrogens with two attached hydrogens (primary N) is 1. The van der Waals surface area contributed by atoms with Gasteiger partial charge in [0.1, 0.15) is 0 Å². The molecule has 1 aromatic carbocycles. The third-order valence-corrected chi connectivity index (χ3v) is 5.64. The van der Waals surface area contributed by atoms with E-state index in [0.29, 0.717) is 18.2 Å². The lowest BCUT2D eigenvalue weighted by atomic mass is 9.95. The van der Waals surface area contributed by atoms with Crippen molar-refractivity contribution in [3.63, 3.8) is 0 Å². The Balaban J connectivity index is 1.82. The lowest BCUT2D eigenvalue weighted by Gasteiger charge is -2.42. The summed E-state index contributed by atoms with van der Waals surface area (Å²) in [6, 6.07) is 7.57. The van der Waals surface area contributed by atoms with E-state index in [1.165, 1.54) is 28.4 Å². The summed E-state index contributed by atoms with van der Waals surface area (Å²) in [5.41, 5.74) is 9.00. The Bertz CT molecular complexity index is 480. The van der Waals surface area contributed by atoms with Crippen molar-refractivity contribution in [2.24, 2.45) is 5.73 Å². The van der Waals surface area contributed by atoms with Crippen molar-refractivity contribution in [2.75, 3.05) is 20.2 Å². The Morgan fingerprint density at radius 3 is 3.00 bits per heavy atom. The van der Waals surface area contributed by atoms with E-state index in [1.807, 2.05) is 7.11 Å². The number of hydrogen-bond donors (Lipinski definition) is 1. The van der Waals surface area contributed by atoms with E-state index < -0.39 is 0 Å². The molecular formula is C16H23BrN2O. The van der Waals surface area contributed by atoms with Gasteiger partial charge in [-0.25, -0.2) is 0 Å². The number of benzene rings is 1. The fourth-order valence-corrected chi connectivity index (χ4v) is 4.40. The molecule has 0 bridgehead atoms. The van der Waals surface area contributed by atoms with Gasteiger partial charge < -0.3 is 10.5 Å². The summed E-state index contributed by atoms with van der Waals surface area (Å²) in [5.74, 6) is 0. The third-order valence-electron chi connectivity index (χ3n) is 4.90. The minimum atomic E-state index is 0.378. The second-order valence-electron chi connectivity index (χ2n) is 5.87. The zero-order valence-electron chi connectivity index (χ0n) is 12.0. The molecule has 3 unspecified atom stereocenters. The molecule has 20 heavy (non-hydrogen) atoms. The quantitative estimate of drug-likeness (QED) is 0.920. The summed E-state index contributed by atoms with van der Waals surface area (Å²) >= 11 is 3.69. The van der Waals surface area contributed by atoms with Crippen LogP contribution in [-0.2, 0) is 11.2 Å². The van der Waals surface area contributed by atoms with Crippen LogP contribution in [0.3, 0.4) is 0 Å². The molecule has 0 saturated carbocycles. The Labute approximate surface area is 129 Å². The molecule has 0 amide bonds. The maximum Gasteiger partial charge on any atom is 0.0599 e. The number of rotatable bonds is 3. The Morgan fingerprint density at radius 1 is 1.40 bits per heavy atom. The van der Waals surface area contributed by atoms with Gasteiger partial charge in [0.05, 0.1) is 6.10 Å². The first-order valence-electron chi connectivity index (χ1n) is 7.50. The van der Waals surface area contributed by atoms with Crippen molar-refractivity contribution in [2.45, 2.75) is 43.9 Å². The van der Waals surface area contributed by atoms with Gasteiger partial charge in [-0.1, -0.05) is 28.1 Å². The molecule has 0 spiro atoms. The van der Waals surface area contributed by atoms with Gasteiger partial charge in [-0.3, -0.25) is 4.90 Å². The molecule has 1 saturated heterocycles. The Hall–Kier alpha value is -0.420. The molecule has 1 aliphatic heterocycles. The number of methoxy groups -OCH3 is 1. The van der Waals surface area contributed by atoms with Gasteiger partial charge in [0.2, 0.25) is 0 Å². The van der Waals surface area contributed by atoms with Gasteiger partial charge in [0, 0.05) is 36.8 Å². The first kappa shape index (κ1) is 14.5. The average Bonchev–Trinajstić information content (AvgIpc) is 2.91. The van der Waals surface area contributed by atoms with Crippen molar-refractivity contribution in [1.82, 2.24) is 4.90 Å². The number of piperidine rings is 1. The lowest BCUT2D eigenvalue weighted by Crippen LogP contribution is -2.49. The normalized spacial score (nSPS) is 30.4. The highest BCUT2D eigenvalue weighted by Crippen LogP contribution is 2.41. The summed E-state index contributed by atoms with van der Waals surface area (Å²) in [6.07, 6.45) is 4.94. The van der Waals surface area contributed by atoms with E-state index in [1.54, 1.807) is 0 Å². The molecule has 3 atom stereocenters. The van der Waals surface area contributed by atoms with Crippen LogP contribution in [0.2, 0.25) is 0 Å². The second-order valence-corrected chi connectivity index (χ2v) is 6.73. The Morgan fingerprint density at radius 2 is 2.25 bits per heavy atom. The zero-order chi connectivity index (χ0) is 14.1. The lowest BCUT2D eigenvalue weighted by molar-refractivity contribution is -0.00451. The number of hydrogen-bond acceptors (Lipinski definition) is 3. The summed E-state index contributed by atoms with van der Waals surface area (Å²) < 4.78 is 6.79. The second kappa shape index (κ2) is 6.14. The summed E-state index contributed by atoms with van der Waals surface area (Å²) in [5, 5.41) is 0. The number of likely N-dealkylation sites (tertiary alicyclic amines) is 1. The molecule has 2 aliphatic rings. The summed E-state index contributed by atoms with van der Waals surface area (Å²) in [6.45, 7) is 1.82. The zero-order valence-corrected chi connectivity index (χ0v) is 13.6. The molecule has 1 heterocycles. The Kier molecular flexibility index (Phi) is 4.46. The van der Waals surface area contributed by atoms with Crippen LogP contribution in [0.4, 0.5) is 0 Å². The monoisotopic (exact) mass is 338 g/mol. The van der Waals surface area contributed by atoms with Crippen molar-refractivity contribution >= 4 is 15.9 Å². The van der Waals surface area contributed by atoms with Crippen LogP contribution in [0.15, 0.2) is 22.7 Å². The van der Waals surface area contributed by atoms with Crippen molar-refractivity contribution in [3.05, 3.63) is 33.8 Å². The fraction of sp³-hybridized carbons (Fsp3) is 0.625. The first-order valence-corrected chi connectivity index (χ1v) is 8.29. The molecule has 3 rings (SSSR count). The first-order chi connectivity index (χ1) is 9.74. The average molecular weight is 339 g/mol. The van der Waals surface area contributed by atoms with Gasteiger partial charge in [-0.15, -0.1) is 0 Å². The SMILES string of the molecule is COC1CCN(C2CCc3c(Br)cccc32)C(CN)C1.